The normalized spacial score (nSPS) is 18.1. The topological polar surface area (TPSA) is 89.7 Å². The molecule has 1 saturated carbocycles. The van der Waals surface area contributed by atoms with Crippen LogP contribution in [-0.4, -0.2) is 50.9 Å². The average Bonchev–Trinajstić information content (AvgIpc) is 3.21. The number of ether oxygens (including phenoxy) is 2. The maximum absolute atomic E-state index is 14.9. The van der Waals surface area contributed by atoms with Gasteiger partial charge < -0.3 is 14.6 Å². The minimum Gasteiger partial charge on any atom is -0.487 e. The number of hydrogen-bond donors (Lipinski definition) is 1. The summed E-state index contributed by atoms with van der Waals surface area (Å²) in [6.45, 7) is 1.45. The van der Waals surface area contributed by atoms with Gasteiger partial charge in [0.2, 0.25) is 0 Å². The lowest BCUT2D eigenvalue weighted by molar-refractivity contribution is -0.143. The van der Waals surface area contributed by atoms with E-state index < -0.39 is 17.7 Å². The largest absolute Gasteiger partial charge is 0.487 e. The van der Waals surface area contributed by atoms with Crippen LogP contribution in [-0.2, 0) is 29.7 Å². The first-order valence-electron chi connectivity index (χ1n) is 11.8. The van der Waals surface area contributed by atoms with E-state index in [0.717, 1.165) is 25.1 Å². The van der Waals surface area contributed by atoms with Crippen molar-refractivity contribution >= 4 is 5.97 Å². The molecule has 1 fully saturated rings. The highest BCUT2D eigenvalue weighted by Gasteiger charge is 2.28. The van der Waals surface area contributed by atoms with E-state index in [2.05, 4.69) is 27.3 Å². The van der Waals surface area contributed by atoms with Crippen molar-refractivity contribution in [2.75, 3.05) is 13.8 Å². The van der Waals surface area contributed by atoms with Gasteiger partial charge in [-0.1, -0.05) is 35.5 Å². The van der Waals surface area contributed by atoms with Crippen molar-refractivity contribution in [3.05, 3.63) is 65.6 Å². The van der Waals surface area contributed by atoms with E-state index in [9.17, 15) is 14.3 Å². The summed E-state index contributed by atoms with van der Waals surface area (Å²) in [5.74, 6) is -1.66. The Morgan fingerprint density at radius 2 is 2.03 bits per heavy atom. The SMILES string of the molecule is CN(COCc1c(-c2ccc(O[C@H]3CCC[C@H](C(=O)O)C3)c(F)c2)nnn1C)Cc1ccccc1. The van der Waals surface area contributed by atoms with Crippen LogP contribution in [0.25, 0.3) is 11.3 Å². The molecule has 9 heteroatoms. The van der Waals surface area contributed by atoms with Crippen LogP contribution >= 0.6 is 0 Å². The molecule has 8 nitrogen and oxygen atoms in total. The molecule has 0 unspecified atom stereocenters. The molecule has 4 rings (SSSR count). The van der Waals surface area contributed by atoms with Gasteiger partial charge in [0.15, 0.2) is 11.6 Å². The Labute approximate surface area is 204 Å². The van der Waals surface area contributed by atoms with Crippen molar-refractivity contribution in [2.45, 2.75) is 44.9 Å². The molecule has 0 bridgehead atoms. The Kier molecular flexibility index (Phi) is 8.09. The molecule has 3 aromatic rings. The van der Waals surface area contributed by atoms with Crippen LogP contribution in [0.4, 0.5) is 4.39 Å². The number of halogens is 1. The van der Waals surface area contributed by atoms with Gasteiger partial charge in [0.05, 0.1) is 31.1 Å². The number of carbonyl (C=O) groups is 1. The lowest BCUT2D eigenvalue weighted by atomic mass is 9.87. The van der Waals surface area contributed by atoms with Gasteiger partial charge in [-0.05, 0) is 56.5 Å². The summed E-state index contributed by atoms with van der Waals surface area (Å²) in [5.41, 5.74) is 3.06. The lowest BCUT2D eigenvalue weighted by Crippen LogP contribution is -2.29. The molecule has 1 aromatic heterocycles. The zero-order valence-electron chi connectivity index (χ0n) is 20.1. The minimum atomic E-state index is -0.822. The number of nitrogens with zero attached hydrogens (tertiary/aromatic N) is 4. The summed E-state index contributed by atoms with van der Waals surface area (Å²) in [4.78, 5) is 13.4. The predicted octanol–water partition coefficient (Wildman–Crippen LogP) is 4.25. The number of aliphatic carboxylic acids is 1. The number of benzene rings is 2. The molecule has 1 aliphatic rings. The molecule has 186 valence electrons. The van der Waals surface area contributed by atoms with Crippen molar-refractivity contribution in [3.8, 4) is 17.0 Å². The third-order valence-corrected chi connectivity index (χ3v) is 6.26. The third-order valence-electron chi connectivity index (χ3n) is 6.26. The quantitative estimate of drug-likeness (QED) is 0.432. The minimum absolute atomic E-state index is 0.119. The van der Waals surface area contributed by atoms with Crippen LogP contribution in [0.3, 0.4) is 0 Å². The van der Waals surface area contributed by atoms with Gasteiger partial charge in [-0.15, -0.1) is 5.10 Å². The Hall–Kier alpha value is -3.30. The number of rotatable bonds is 10. The van der Waals surface area contributed by atoms with E-state index in [1.165, 1.54) is 11.6 Å². The van der Waals surface area contributed by atoms with Gasteiger partial charge in [-0.25, -0.2) is 9.07 Å². The number of aromatic nitrogens is 3. The third kappa shape index (κ3) is 6.43. The van der Waals surface area contributed by atoms with E-state index in [1.54, 1.807) is 23.9 Å². The van der Waals surface area contributed by atoms with Gasteiger partial charge in [-0.2, -0.15) is 0 Å². The molecule has 0 spiro atoms. The Morgan fingerprint density at radius 1 is 1.23 bits per heavy atom. The fourth-order valence-corrected chi connectivity index (χ4v) is 4.40. The predicted molar refractivity (Wildman–Crippen MR) is 128 cm³/mol. The molecule has 1 N–H and O–H groups in total. The second-order valence-electron chi connectivity index (χ2n) is 9.07. The fraction of sp³-hybridized carbons (Fsp3) is 0.423. The van der Waals surface area contributed by atoms with Crippen LogP contribution in [0, 0.1) is 11.7 Å². The van der Waals surface area contributed by atoms with Gasteiger partial charge >= 0.3 is 5.97 Å². The van der Waals surface area contributed by atoms with Crippen LogP contribution < -0.4 is 4.74 Å². The standard InChI is InChI=1S/C26H31FN4O4/c1-30(15-18-7-4-3-5-8-18)17-34-16-23-25(28-29-31(23)2)19-11-12-24(22(27)14-19)35-21-10-6-9-20(13-21)26(32)33/h3-5,7-8,11-12,14,20-21H,6,9-10,13,15-17H2,1-2H3,(H,32,33)/t20-,21-/m0/s1. The zero-order chi connectivity index (χ0) is 24.8. The summed E-state index contributed by atoms with van der Waals surface area (Å²) in [6.07, 6.45) is 2.19. The maximum Gasteiger partial charge on any atom is 0.306 e. The van der Waals surface area contributed by atoms with Crippen molar-refractivity contribution < 1.29 is 23.8 Å². The Bertz CT molecular complexity index is 1140. The summed E-state index contributed by atoms with van der Waals surface area (Å²) in [7, 11) is 3.76. The Balaban J connectivity index is 1.38. The molecule has 0 radical (unpaired) electrons. The van der Waals surface area contributed by atoms with Crippen LogP contribution in [0.5, 0.6) is 5.75 Å². The lowest BCUT2D eigenvalue weighted by Gasteiger charge is -2.27. The molecule has 2 atom stereocenters. The molecule has 2 aromatic carbocycles. The van der Waals surface area contributed by atoms with E-state index in [4.69, 9.17) is 9.47 Å². The number of carboxylic acid groups (broad SMARTS) is 1. The molecular weight excluding hydrogens is 451 g/mol. The second kappa shape index (κ2) is 11.4. The van der Waals surface area contributed by atoms with Crippen molar-refractivity contribution in [3.63, 3.8) is 0 Å². The van der Waals surface area contributed by atoms with Gasteiger partial charge in [-0.3, -0.25) is 9.69 Å². The van der Waals surface area contributed by atoms with E-state index in [-0.39, 0.29) is 18.5 Å². The fourth-order valence-electron chi connectivity index (χ4n) is 4.40. The number of carboxylic acids is 1. The highest BCUT2D eigenvalue weighted by atomic mass is 19.1. The van der Waals surface area contributed by atoms with Gasteiger partial charge in [0.25, 0.3) is 0 Å². The first-order chi connectivity index (χ1) is 16.9. The highest BCUT2D eigenvalue weighted by Crippen LogP contribution is 2.31. The molecular formula is C26H31FN4O4. The molecule has 35 heavy (non-hydrogen) atoms. The molecule has 0 amide bonds. The summed E-state index contributed by atoms with van der Waals surface area (Å²) >= 11 is 0. The first kappa shape index (κ1) is 24.8. The average molecular weight is 483 g/mol. The van der Waals surface area contributed by atoms with E-state index in [1.807, 2.05) is 25.2 Å². The first-order valence-corrected chi connectivity index (χ1v) is 11.8. The summed E-state index contributed by atoms with van der Waals surface area (Å²) < 4.78 is 28.3. The van der Waals surface area contributed by atoms with Crippen molar-refractivity contribution in [2.24, 2.45) is 13.0 Å². The number of aryl methyl sites for hydroxylation is 1. The second-order valence-corrected chi connectivity index (χ2v) is 9.07. The van der Waals surface area contributed by atoms with Crippen LogP contribution in [0.2, 0.25) is 0 Å². The highest BCUT2D eigenvalue weighted by molar-refractivity contribution is 5.70. The van der Waals surface area contributed by atoms with Crippen molar-refractivity contribution in [1.29, 1.82) is 0 Å². The maximum atomic E-state index is 14.9. The molecule has 1 aliphatic carbocycles. The van der Waals surface area contributed by atoms with E-state index >= 15 is 0 Å². The van der Waals surface area contributed by atoms with Gasteiger partial charge in [0.1, 0.15) is 5.69 Å². The molecule has 0 aliphatic heterocycles. The van der Waals surface area contributed by atoms with Crippen LogP contribution in [0.1, 0.15) is 36.9 Å². The zero-order valence-corrected chi connectivity index (χ0v) is 20.1. The smallest absolute Gasteiger partial charge is 0.306 e. The monoisotopic (exact) mass is 482 g/mol. The summed E-state index contributed by atoms with van der Waals surface area (Å²) in [5, 5.41) is 17.6. The molecule has 1 heterocycles. The van der Waals surface area contributed by atoms with E-state index in [0.29, 0.717) is 30.8 Å². The van der Waals surface area contributed by atoms with Crippen LogP contribution in [0.15, 0.2) is 48.5 Å². The van der Waals surface area contributed by atoms with Gasteiger partial charge in [0, 0.05) is 19.2 Å². The molecule has 0 saturated heterocycles. The van der Waals surface area contributed by atoms with Crippen molar-refractivity contribution in [1.82, 2.24) is 19.9 Å². The number of hydrogen-bond acceptors (Lipinski definition) is 6. The Morgan fingerprint density at radius 3 is 2.77 bits per heavy atom. The summed E-state index contributed by atoms with van der Waals surface area (Å²) in [6, 6.07) is 14.8.